The van der Waals surface area contributed by atoms with E-state index >= 15 is 0 Å². The Morgan fingerprint density at radius 2 is 1.79 bits per heavy atom. The molecule has 2 heterocycles. The summed E-state index contributed by atoms with van der Waals surface area (Å²) < 4.78 is 0. The first-order valence-electron chi connectivity index (χ1n) is 6.92. The summed E-state index contributed by atoms with van der Waals surface area (Å²) in [6.45, 7) is 0.177. The smallest absolute Gasteiger partial charge is 0.224 e. The molecular formula is C15H13N7O2. The molecule has 9 heteroatoms. The minimum Gasteiger partial charge on any atom is -0.382 e. The van der Waals surface area contributed by atoms with Crippen LogP contribution in [0, 0.1) is 0 Å². The van der Waals surface area contributed by atoms with E-state index in [-0.39, 0.29) is 24.0 Å². The van der Waals surface area contributed by atoms with Gasteiger partial charge in [0.1, 0.15) is 6.29 Å². The predicted octanol–water partition coefficient (Wildman–Crippen LogP) is 0.560. The first kappa shape index (κ1) is 15.3. The van der Waals surface area contributed by atoms with E-state index in [0.717, 1.165) is 6.29 Å². The molecule has 2 aromatic heterocycles. The maximum atomic E-state index is 11.4. The molecule has 0 unspecified atom stereocenters. The van der Waals surface area contributed by atoms with E-state index in [0.29, 0.717) is 28.9 Å². The highest BCUT2D eigenvalue weighted by Gasteiger charge is 2.11. The van der Waals surface area contributed by atoms with E-state index in [2.05, 4.69) is 19.9 Å². The fourth-order valence-electron chi connectivity index (χ4n) is 2.17. The van der Waals surface area contributed by atoms with Gasteiger partial charge in [-0.1, -0.05) is 0 Å². The maximum absolute atomic E-state index is 11.4. The van der Waals surface area contributed by atoms with Crippen molar-refractivity contribution in [1.29, 1.82) is 0 Å². The number of amides is 1. The van der Waals surface area contributed by atoms with Gasteiger partial charge in [0.05, 0.1) is 18.4 Å². The van der Waals surface area contributed by atoms with E-state index < -0.39 is 0 Å². The van der Waals surface area contributed by atoms with Gasteiger partial charge in [-0.05, 0) is 24.3 Å². The van der Waals surface area contributed by atoms with Gasteiger partial charge < -0.3 is 16.4 Å². The third kappa shape index (κ3) is 2.95. The monoisotopic (exact) mass is 323 g/mol. The molecule has 0 saturated carbocycles. The molecule has 1 aromatic carbocycles. The van der Waals surface area contributed by atoms with E-state index in [1.807, 2.05) is 0 Å². The van der Waals surface area contributed by atoms with E-state index in [9.17, 15) is 9.59 Å². The summed E-state index contributed by atoms with van der Waals surface area (Å²) in [6.07, 6.45) is 2.90. The average molecular weight is 323 g/mol. The Labute approximate surface area is 136 Å². The lowest BCUT2D eigenvalue weighted by molar-refractivity contribution is -0.107. The molecule has 0 aliphatic heterocycles. The number of benzene rings is 1. The van der Waals surface area contributed by atoms with E-state index in [4.69, 9.17) is 11.5 Å². The average Bonchev–Trinajstić information content (AvgIpc) is 2.60. The van der Waals surface area contributed by atoms with Crippen molar-refractivity contribution in [2.45, 2.75) is 6.54 Å². The molecule has 0 aliphatic carbocycles. The molecule has 0 fully saturated rings. The second kappa shape index (κ2) is 6.24. The molecule has 0 radical (unpaired) electrons. The number of hydrogen-bond donors (Lipinski definition) is 2. The number of nitrogens with zero attached hydrogens (tertiary/aromatic N) is 5. The standard InChI is InChI=1S/C15H13N7O2/c16-13-12-14(21-15(17)20-13)18-5-10(19-12)6-22(8-24)11-3-1-9(7-23)2-4-11/h1-5,7-8H,6H2,(H4,16,17,18,20,21). The Hall–Kier alpha value is -3.62. The molecular weight excluding hydrogens is 310 g/mol. The van der Waals surface area contributed by atoms with Crippen LogP contribution in [-0.4, -0.2) is 32.6 Å². The molecule has 9 nitrogen and oxygen atoms in total. The number of nitrogens with two attached hydrogens (primary N) is 2. The summed E-state index contributed by atoms with van der Waals surface area (Å²) in [6, 6.07) is 6.59. The van der Waals surface area contributed by atoms with E-state index in [1.165, 1.54) is 11.1 Å². The molecule has 0 spiro atoms. The Kier molecular flexibility index (Phi) is 3.98. The number of hydrogen-bond acceptors (Lipinski definition) is 8. The van der Waals surface area contributed by atoms with Crippen LogP contribution in [-0.2, 0) is 11.3 Å². The van der Waals surface area contributed by atoms with Crippen LogP contribution in [0.3, 0.4) is 0 Å². The SMILES string of the molecule is Nc1nc(N)c2nc(CN(C=O)c3ccc(C=O)cc3)cnc2n1. The van der Waals surface area contributed by atoms with Gasteiger partial charge >= 0.3 is 0 Å². The zero-order chi connectivity index (χ0) is 17.1. The second-order valence-electron chi connectivity index (χ2n) is 4.94. The minimum atomic E-state index is 0.0202. The van der Waals surface area contributed by atoms with Gasteiger partial charge in [0.25, 0.3) is 0 Å². The summed E-state index contributed by atoms with van der Waals surface area (Å²) >= 11 is 0. The lowest BCUT2D eigenvalue weighted by atomic mass is 10.2. The molecule has 3 rings (SSSR count). The Balaban J connectivity index is 1.91. The quantitative estimate of drug-likeness (QED) is 0.649. The van der Waals surface area contributed by atoms with Crippen molar-refractivity contribution in [2.75, 3.05) is 16.4 Å². The number of anilines is 3. The minimum absolute atomic E-state index is 0.0202. The highest BCUT2D eigenvalue weighted by molar-refractivity contribution is 5.82. The highest BCUT2D eigenvalue weighted by atomic mass is 16.1. The molecule has 120 valence electrons. The van der Waals surface area contributed by atoms with Gasteiger partial charge in [-0.2, -0.15) is 9.97 Å². The van der Waals surface area contributed by atoms with Gasteiger partial charge in [-0.25, -0.2) is 9.97 Å². The first-order valence-corrected chi connectivity index (χ1v) is 6.92. The summed E-state index contributed by atoms with van der Waals surface area (Å²) in [4.78, 5) is 39.8. The van der Waals surface area contributed by atoms with Crippen molar-refractivity contribution in [2.24, 2.45) is 0 Å². The Morgan fingerprint density at radius 3 is 2.46 bits per heavy atom. The number of fused-ring (bicyclic) bond motifs is 1. The van der Waals surface area contributed by atoms with Crippen LogP contribution in [0.1, 0.15) is 16.1 Å². The topological polar surface area (TPSA) is 141 Å². The molecule has 0 atom stereocenters. The zero-order valence-corrected chi connectivity index (χ0v) is 12.5. The van der Waals surface area contributed by atoms with Crippen molar-refractivity contribution in [3.05, 3.63) is 41.7 Å². The Morgan fingerprint density at radius 1 is 1.04 bits per heavy atom. The maximum Gasteiger partial charge on any atom is 0.224 e. The van der Waals surface area contributed by atoms with Crippen LogP contribution in [0.2, 0.25) is 0 Å². The summed E-state index contributed by atoms with van der Waals surface area (Å²) in [5.41, 5.74) is 13.6. The molecule has 24 heavy (non-hydrogen) atoms. The van der Waals surface area contributed by atoms with Crippen LogP contribution in [0.5, 0.6) is 0 Å². The van der Waals surface area contributed by atoms with Crippen molar-refractivity contribution in [3.63, 3.8) is 0 Å². The Bertz CT molecular complexity index is 912. The molecule has 0 aliphatic rings. The van der Waals surface area contributed by atoms with Gasteiger partial charge in [-0.3, -0.25) is 9.59 Å². The van der Waals surface area contributed by atoms with Crippen LogP contribution in [0.15, 0.2) is 30.5 Å². The lowest BCUT2D eigenvalue weighted by Gasteiger charge is -2.17. The van der Waals surface area contributed by atoms with Crippen molar-refractivity contribution in [3.8, 4) is 0 Å². The third-order valence-corrected chi connectivity index (χ3v) is 3.32. The third-order valence-electron chi connectivity index (χ3n) is 3.32. The van der Waals surface area contributed by atoms with Crippen LogP contribution < -0.4 is 16.4 Å². The van der Waals surface area contributed by atoms with Crippen LogP contribution >= 0.6 is 0 Å². The number of carbonyl (C=O) groups is 2. The van der Waals surface area contributed by atoms with Crippen molar-refractivity contribution >= 4 is 41.3 Å². The van der Waals surface area contributed by atoms with E-state index in [1.54, 1.807) is 24.3 Å². The van der Waals surface area contributed by atoms with Gasteiger partial charge in [0, 0.05) is 11.3 Å². The highest BCUT2D eigenvalue weighted by Crippen LogP contribution is 2.18. The number of aromatic nitrogens is 4. The second-order valence-corrected chi connectivity index (χ2v) is 4.94. The summed E-state index contributed by atoms with van der Waals surface area (Å²) in [5, 5.41) is 0. The molecule has 0 saturated heterocycles. The summed E-state index contributed by atoms with van der Waals surface area (Å²) in [5.74, 6) is 0.145. The zero-order valence-electron chi connectivity index (χ0n) is 12.5. The molecule has 3 aromatic rings. The number of nitrogen functional groups attached to an aromatic ring is 2. The van der Waals surface area contributed by atoms with Crippen LogP contribution in [0.4, 0.5) is 17.5 Å². The molecule has 0 bridgehead atoms. The molecule has 4 N–H and O–H groups in total. The molecule has 1 amide bonds. The van der Waals surface area contributed by atoms with Gasteiger partial charge in [0.2, 0.25) is 12.4 Å². The van der Waals surface area contributed by atoms with Gasteiger partial charge in [0.15, 0.2) is 17.0 Å². The number of carbonyl (C=O) groups excluding carboxylic acids is 2. The normalized spacial score (nSPS) is 10.5. The van der Waals surface area contributed by atoms with Crippen molar-refractivity contribution < 1.29 is 9.59 Å². The predicted molar refractivity (Wildman–Crippen MR) is 88.0 cm³/mol. The lowest BCUT2D eigenvalue weighted by Crippen LogP contribution is -2.21. The number of aldehydes is 1. The number of rotatable bonds is 5. The van der Waals surface area contributed by atoms with Crippen molar-refractivity contribution in [1.82, 2.24) is 19.9 Å². The fourth-order valence-corrected chi connectivity index (χ4v) is 2.17. The van der Waals surface area contributed by atoms with Crippen LogP contribution in [0.25, 0.3) is 11.2 Å². The first-order chi connectivity index (χ1) is 11.6. The fraction of sp³-hybridized carbons (Fsp3) is 0.0667. The van der Waals surface area contributed by atoms with Gasteiger partial charge in [-0.15, -0.1) is 0 Å². The summed E-state index contributed by atoms with van der Waals surface area (Å²) in [7, 11) is 0. The largest absolute Gasteiger partial charge is 0.382 e.